The monoisotopic (exact) mass is 241 g/mol. The molecule has 18 heavy (non-hydrogen) atoms. The van der Waals surface area contributed by atoms with E-state index in [2.05, 4.69) is 19.1 Å². The number of non-ortho nitro benzene ring substituents is 1. The Morgan fingerprint density at radius 1 is 1.00 bits per heavy atom. The lowest BCUT2D eigenvalue weighted by atomic mass is 10.0. The first-order valence-electron chi connectivity index (χ1n) is 5.94. The topological polar surface area (TPSA) is 43.1 Å². The van der Waals surface area contributed by atoms with Crippen molar-refractivity contribution >= 4 is 5.69 Å². The lowest BCUT2D eigenvalue weighted by Crippen LogP contribution is -1.94. The number of rotatable bonds is 4. The van der Waals surface area contributed by atoms with Crippen LogP contribution >= 0.6 is 0 Å². The molecule has 0 saturated carbocycles. The van der Waals surface area contributed by atoms with Gasteiger partial charge in [0.15, 0.2) is 0 Å². The molecule has 3 heteroatoms. The van der Waals surface area contributed by atoms with Crippen molar-refractivity contribution in [2.75, 3.05) is 0 Å². The highest BCUT2D eigenvalue weighted by Gasteiger charge is 2.04. The summed E-state index contributed by atoms with van der Waals surface area (Å²) in [7, 11) is 0. The number of nitro groups is 1. The summed E-state index contributed by atoms with van der Waals surface area (Å²) in [6, 6.07) is 15.1. The van der Waals surface area contributed by atoms with Crippen molar-refractivity contribution in [2.24, 2.45) is 0 Å². The molecule has 0 aliphatic carbocycles. The molecule has 2 aromatic rings. The first-order valence-corrected chi connectivity index (χ1v) is 5.94. The summed E-state index contributed by atoms with van der Waals surface area (Å²) in [5.41, 5.74) is 3.90. The first kappa shape index (κ1) is 12.3. The smallest absolute Gasteiger partial charge is 0.258 e. The highest BCUT2D eigenvalue weighted by atomic mass is 16.6. The maximum Gasteiger partial charge on any atom is 0.269 e. The normalized spacial score (nSPS) is 10.3. The van der Waals surface area contributed by atoms with E-state index in [9.17, 15) is 10.1 Å². The quantitative estimate of drug-likeness (QED) is 0.605. The zero-order valence-electron chi connectivity index (χ0n) is 10.3. The molecule has 0 aliphatic rings. The average Bonchev–Trinajstić information content (AvgIpc) is 2.38. The van der Waals surface area contributed by atoms with Crippen LogP contribution in [0.25, 0.3) is 0 Å². The molecular weight excluding hydrogens is 226 g/mol. The second-order valence-corrected chi connectivity index (χ2v) is 4.35. The fourth-order valence-corrected chi connectivity index (χ4v) is 1.95. The highest BCUT2D eigenvalue weighted by Crippen LogP contribution is 2.15. The summed E-state index contributed by atoms with van der Waals surface area (Å²) in [6.45, 7) is 2.10. The molecule has 0 radical (unpaired) electrons. The van der Waals surface area contributed by atoms with Crippen LogP contribution in [0.5, 0.6) is 0 Å². The Kier molecular flexibility index (Phi) is 3.72. The molecule has 0 atom stereocenters. The number of hydrogen-bond donors (Lipinski definition) is 0. The van der Waals surface area contributed by atoms with Crippen molar-refractivity contribution < 1.29 is 4.92 Å². The maximum absolute atomic E-state index is 10.5. The molecule has 3 nitrogen and oxygen atoms in total. The van der Waals surface area contributed by atoms with Crippen LogP contribution < -0.4 is 0 Å². The molecule has 0 unspecified atom stereocenters. The lowest BCUT2D eigenvalue weighted by Gasteiger charge is -2.05. The molecule has 92 valence electrons. The van der Waals surface area contributed by atoms with Gasteiger partial charge in [0.25, 0.3) is 5.69 Å². The van der Waals surface area contributed by atoms with E-state index < -0.39 is 0 Å². The van der Waals surface area contributed by atoms with E-state index >= 15 is 0 Å². The molecule has 0 aromatic heterocycles. The molecule has 2 aromatic carbocycles. The van der Waals surface area contributed by atoms with Crippen LogP contribution in [0.15, 0.2) is 48.5 Å². The van der Waals surface area contributed by atoms with Crippen molar-refractivity contribution in [3.05, 3.63) is 75.3 Å². The van der Waals surface area contributed by atoms with E-state index in [1.165, 1.54) is 11.1 Å². The van der Waals surface area contributed by atoms with Crippen LogP contribution in [0, 0.1) is 17.0 Å². The Morgan fingerprint density at radius 2 is 1.67 bits per heavy atom. The highest BCUT2D eigenvalue weighted by molar-refractivity contribution is 5.34. The van der Waals surface area contributed by atoms with Crippen LogP contribution in [0.3, 0.4) is 0 Å². The predicted octanol–water partition coefficient (Wildman–Crippen LogP) is 3.69. The van der Waals surface area contributed by atoms with Gasteiger partial charge >= 0.3 is 0 Å². The molecule has 2 rings (SSSR count). The van der Waals surface area contributed by atoms with Gasteiger partial charge in [0.2, 0.25) is 0 Å². The third-order valence-electron chi connectivity index (χ3n) is 3.09. The summed E-state index contributed by atoms with van der Waals surface area (Å²) in [5.74, 6) is 0. The van der Waals surface area contributed by atoms with Gasteiger partial charge in [0.1, 0.15) is 0 Å². The number of hydrogen-bond acceptors (Lipinski definition) is 2. The second-order valence-electron chi connectivity index (χ2n) is 4.35. The number of benzene rings is 2. The Morgan fingerprint density at radius 3 is 2.28 bits per heavy atom. The van der Waals surface area contributed by atoms with Crippen LogP contribution in [-0.2, 0) is 12.8 Å². The van der Waals surface area contributed by atoms with Crippen molar-refractivity contribution in [2.45, 2.75) is 19.8 Å². The lowest BCUT2D eigenvalue weighted by molar-refractivity contribution is -0.384. The summed E-state index contributed by atoms with van der Waals surface area (Å²) in [6.07, 6.45) is 1.87. The van der Waals surface area contributed by atoms with Crippen molar-refractivity contribution in [3.8, 4) is 0 Å². The van der Waals surface area contributed by atoms with Crippen LogP contribution in [0.1, 0.15) is 16.7 Å². The third-order valence-corrected chi connectivity index (χ3v) is 3.09. The molecule has 0 bridgehead atoms. The number of nitrogens with zero attached hydrogens (tertiary/aromatic N) is 1. The number of nitro benzene ring substituents is 1. The number of aryl methyl sites for hydroxylation is 3. The van der Waals surface area contributed by atoms with Gasteiger partial charge in [0.05, 0.1) is 4.92 Å². The van der Waals surface area contributed by atoms with Gasteiger partial charge in [-0.1, -0.05) is 36.4 Å². The van der Waals surface area contributed by atoms with E-state index in [1.807, 2.05) is 24.3 Å². The first-order chi connectivity index (χ1) is 8.66. The second kappa shape index (κ2) is 5.45. The van der Waals surface area contributed by atoms with Crippen LogP contribution in [0.4, 0.5) is 5.69 Å². The SMILES string of the molecule is Cc1ccccc1CCc1ccc([N+](=O)[O-])cc1. The molecule has 0 N–H and O–H groups in total. The van der Waals surface area contributed by atoms with Gasteiger partial charge in [-0.3, -0.25) is 10.1 Å². The van der Waals surface area contributed by atoms with Crippen molar-refractivity contribution in [3.63, 3.8) is 0 Å². The van der Waals surface area contributed by atoms with Gasteiger partial charge < -0.3 is 0 Å². The van der Waals surface area contributed by atoms with Gasteiger partial charge in [-0.2, -0.15) is 0 Å². The third kappa shape index (κ3) is 2.94. The van der Waals surface area contributed by atoms with Crippen LogP contribution in [-0.4, -0.2) is 4.92 Å². The fourth-order valence-electron chi connectivity index (χ4n) is 1.95. The average molecular weight is 241 g/mol. The molecule has 0 saturated heterocycles. The van der Waals surface area contributed by atoms with Crippen molar-refractivity contribution in [1.82, 2.24) is 0 Å². The van der Waals surface area contributed by atoms with E-state index in [0.29, 0.717) is 0 Å². The Balaban J connectivity index is 2.02. The van der Waals surface area contributed by atoms with E-state index in [-0.39, 0.29) is 10.6 Å². The largest absolute Gasteiger partial charge is 0.269 e. The van der Waals surface area contributed by atoms with E-state index in [4.69, 9.17) is 0 Å². The Labute approximate surface area is 106 Å². The van der Waals surface area contributed by atoms with Gasteiger partial charge in [-0.15, -0.1) is 0 Å². The minimum Gasteiger partial charge on any atom is -0.258 e. The van der Waals surface area contributed by atoms with Gasteiger partial charge in [-0.25, -0.2) is 0 Å². The molecule has 0 amide bonds. The molecule has 0 aliphatic heterocycles. The standard InChI is InChI=1S/C15H15NO2/c1-12-4-2-3-5-14(12)9-6-13-7-10-15(11-8-13)16(17)18/h2-5,7-8,10-11H,6,9H2,1H3. The molecule has 0 spiro atoms. The minimum atomic E-state index is -0.370. The van der Waals surface area contributed by atoms with E-state index in [1.54, 1.807) is 12.1 Å². The predicted molar refractivity (Wildman–Crippen MR) is 71.7 cm³/mol. The minimum absolute atomic E-state index is 0.148. The van der Waals surface area contributed by atoms with Crippen molar-refractivity contribution in [1.29, 1.82) is 0 Å². The summed E-state index contributed by atoms with van der Waals surface area (Å²) in [5, 5.41) is 10.5. The van der Waals surface area contributed by atoms with Gasteiger partial charge in [0, 0.05) is 12.1 Å². The fraction of sp³-hybridized carbons (Fsp3) is 0.200. The summed E-state index contributed by atoms with van der Waals surface area (Å²) in [4.78, 5) is 10.2. The zero-order valence-corrected chi connectivity index (χ0v) is 10.3. The summed E-state index contributed by atoms with van der Waals surface area (Å²) >= 11 is 0. The van der Waals surface area contributed by atoms with E-state index in [0.717, 1.165) is 18.4 Å². The Hall–Kier alpha value is -2.16. The molecule has 0 fully saturated rings. The molecule has 0 heterocycles. The van der Waals surface area contributed by atoms with Crippen LogP contribution in [0.2, 0.25) is 0 Å². The maximum atomic E-state index is 10.5. The Bertz CT molecular complexity index is 547. The summed E-state index contributed by atoms with van der Waals surface area (Å²) < 4.78 is 0. The van der Waals surface area contributed by atoms with Gasteiger partial charge in [-0.05, 0) is 36.5 Å². The zero-order chi connectivity index (χ0) is 13.0. The molecular formula is C15H15NO2.